The van der Waals surface area contributed by atoms with Gasteiger partial charge in [-0.05, 0) is 38.3 Å². The van der Waals surface area contributed by atoms with Crippen molar-refractivity contribution < 1.29 is 14.7 Å². The molecule has 0 saturated carbocycles. The molecule has 6 heteroatoms. The summed E-state index contributed by atoms with van der Waals surface area (Å²) in [6.45, 7) is 6.69. The third kappa shape index (κ3) is 3.39. The number of hydrogen-bond donors (Lipinski definition) is 2. The third-order valence-electron chi connectivity index (χ3n) is 3.71. The van der Waals surface area contributed by atoms with E-state index in [0.29, 0.717) is 5.56 Å². The number of aromatic nitrogens is 1. The second-order valence-electron chi connectivity index (χ2n) is 5.17. The number of aryl methyl sites for hydroxylation is 1. The molecular formula is C16H20N2O3S. The van der Waals surface area contributed by atoms with Gasteiger partial charge in [-0.15, -0.1) is 11.3 Å². The van der Waals surface area contributed by atoms with Crippen LogP contribution >= 0.6 is 11.3 Å². The van der Waals surface area contributed by atoms with Crippen molar-refractivity contribution in [2.75, 3.05) is 0 Å². The van der Waals surface area contributed by atoms with E-state index in [-0.39, 0.29) is 12.3 Å². The molecule has 0 spiro atoms. The number of amides is 1. The van der Waals surface area contributed by atoms with Gasteiger partial charge in [0, 0.05) is 22.8 Å². The first-order valence-electron chi connectivity index (χ1n) is 7.16. The fourth-order valence-electron chi connectivity index (χ4n) is 2.64. The van der Waals surface area contributed by atoms with Gasteiger partial charge in [0.2, 0.25) is 0 Å². The Kier molecular flexibility index (Phi) is 5.03. The zero-order chi connectivity index (χ0) is 16.3. The Morgan fingerprint density at radius 2 is 2.14 bits per heavy atom. The van der Waals surface area contributed by atoms with Crippen molar-refractivity contribution in [1.82, 2.24) is 9.88 Å². The molecule has 1 unspecified atom stereocenters. The largest absolute Gasteiger partial charge is 0.481 e. The minimum Gasteiger partial charge on any atom is -0.481 e. The van der Waals surface area contributed by atoms with Gasteiger partial charge < -0.3 is 15.0 Å². The molecule has 0 radical (unpaired) electrons. The first-order valence-corrected chi connectivity index (χ1v) is 8.04. The van der Waals surface area contributed by atoms with Crippen molar-refractivity contribution in [3.8, 4) is 0 Å². The minimum atomic E-state index is -0.933. The highest BCUT2D eigenvalue weighted by Crippen LogP contribution is 2.23. The number of carboxylic acid groups (broad SMARTS) is 1. The highest BCUT2D eigenvalue weighted by atomic mass is 32.1. The van der Waals surface area contributed by atoms with Crippen LogP contribution in [0.15, 0.2) is 23.6 Å². The molecular weight excluding hydrogens is 300 g/mol. The van der Waals surface area contributed by atoms with Gasteiger partial charge in [-0.3, -0.25) is 9.59 Å². The molecule has 5 nitrogen and oxygen atoms in total. The summed E-state index contributed by atoms with van der Waals surface area (Å²) in [4.78, 5) is 24.4. The molecule has 2 N–H and O–H groups in total. The fourth-order valence-corrected chi connectivity index (χ4v) is 3.42. The Labute approximate surface area is 133 Å². The average Bonchev–Trinajstić information content (AvgIpc) is 3.06. The summed E-state index contributed by atoms with van der Waals surface area (Å²) in [6.07, 6.45) is -0.126. The number of carbonyl (C=O) groups excluding carboxylic acids is 1. The lowest BCUT2D eigenvalue weighted by atomic mass is 10.1. The van der Waals surface area contributed by atoms with Gasteiger partial charge in [0.15, 0.2) is 0 Å². The molecule has 118 valence electrons. The van der Waals surface area contributed by atoms with Crippen molar-refractivity contribution >= 4 is 23.2 Å². The molecule has 0 bridgehead atoms. The maximum absolute atomic E-state index is 12.5. The smallest absolute Gasteiger partial charge is 0.305 e. The number of aliphatic carboxylic acids is 1. The molecule has 0 aliphatic heterocycles. The van der Waals surface area contributed by atoms with Crippen molar-refractivity contribution in [3.05, 3.63) is 45.4 Å². The Balaban J connectivity index is 2.23. The summed E-state index contributed by atoms with van der Waals surface area (Å²) in [5.74, 6) is -1.16. The van der Waals surface area contributed by atoms with Crippen LogP contribution in [-0.4, -0.2) is 21.6 Å². The van der Waals surface area contributed by atoms with Gasteiger partial charge in [0.05, 0.1) is 18.0 Å². The number of nitrogens with one attached hydrogen (secondary N) is 1. The van der Waals surface area contributed by atoms with Gasteiger partial charge in [0.25, 0.3) is 5.91 Å². The second-order valence-corrected chi connectivity index (χ2v) is 6.15. The number of carbonyl (C=O) groups is 2. The number of hydrogen-bond acceptors (Lipinski definition) is 3. The predicted octanol–water partition coefficient (Wildman–Crippen LogP) is 3.13. The fraction of sp³-hybridized carbons (Fsp3) is 0.375. The highest BCUT2D eigenvalue weighted by Gasteiger charge is 2.22. The molecule has 0 aliphatic rings. The Hall–Kier alpha value is -2.08. The standard InChI is InChI=1S/C16H20N2O3S/c1-4-18-10(2)8-12(11(18)3)16(21)17-13(9-15(19)20)14-6-5-7-22-14/h5-8,13H,4,9H2,1-3H3,(H,17,21)(H,19,20). The molecule has 2 aromatic rings. The van der Waals surface area contributed by atoms with E-state index < -0.39 is 12.0 Å². The summed E-state index contributed by atoms with van der Waals surface area (Å²) in [5.41, 5.74) is 2.53. The van der Waals surface area contributed by atoms with Crippen LogP contribution in [-0.2, 0) is 11.3 Å². The van der Waals surface area contributed by atoms with Gasteiger partial charge in [0.1, 0.15) is 0 Å². The summed E-state index contributed by atoms with van der Waals surface area (Å²) < 4.78 is 2.06. The van der Waals surface area contributed by atoms with Gasteiger partial charge in [-0.2, -0.15) is 0 Å². The van der Waals surface area contributed by atoms with E-state index in [2.05, 4.69) is 9.88 Å². The van der Waals surface area contributed by atoms with Crippen LogP contribution in [0.3, 0.4) is 0 Å². The molecule has 0 saturated heterocycles. The average molecular weight is 320 g/mol. The van der Waals surface area contributed by atoms with Crippen LogP contribution in [0.25, 0.3) is 0 Å². The van der Waals surface area contributed by atoms with E-state index in [1.54, 1.807) is 0 Å². The number of thiophene rings is 1. The highest BCUT2D eigenvalue weighted by molar-refractivity contribution is 7.10. The first kappa shape index (κ1) is 16.3. The molecule has 0 aromatic carbocycles. The second kappa shape index (κ2) is 6.79. The van der Waals surface area contributed by atoms with Crippen molar-refractivity contribution in [3.63, 3.8) is 0 Å². The lowest BCUT2D eigenvalue weighted by Gasteiger charge is -2.15. The summed E-state index contributed by atoms with van der Waals surface area (Å²) >= 11 is 1.44. The van der Waals surface area contributed by atoms with E-state index >= 15 is 0 Å². The molecule has 1 atom stereocenters. The third-order valence-corrected chi connectivity index (χ3v) is 4.69. The molecule has 22 heavy (non-hydrogen) atoms. The predicted molar refractivity (Wildman–Crippen MR) is 86.4 cm³/mol. The summed E-state index contributed by atoms with van der Waals surface area (Å²) in [7, 11) is 0. The quantitative estimate of drug-likeness (QED) is 0.859. The lowest BCUT2D eigenvalue weighted by Crippen LogP contribution is -2.30. The van der Waals surface area contributed by atoms with Crippen LogP contribution in [0.2, 0.25) is 0 Å². The van der Waals surface area contributed by atoms with E-state index in [9.17, 15) is 9.59 Å². The lowest BCUT2D eigenvalue weighted by molar-refractivity contribution is -0.137. The number of rotatable bonds is 6. The van der Waals surface area contributed by atoms with Crippen molar-refractivity contribution in [2.45, 2.75) is 39.8 Å². The molecule has 0 fully saturated rings. The maximum atomic E-state index is 12.5. The van der Waals surface area contributed by atoms with Crippen LogP contribution in [0, 0.1) is 13.8 Å². The van der Waals surface area contributed by atoms with Gasteiger partial charge in [-0.1, -0.05) is 6.07 Å². The number of nitrogens with zero attached hydrogens (tertiary/aromatic N) is 1. The minimum absolute atomic E-state index is 0.126. The van der Waals surface area contributed by atoms with Crippen molar-refractivity contribution in [2.24, 2.45) is 0 Å². The molecule has 0 aliphatic carbocycles. The topological polar surface area (TPSA) is 71.3 Å². The summed E-state index contributed by atoms with van der Waals surface area (Å²) in [5, 5.41) is 13.8. The first-order chi connectivity index (χ1) is 10.4. The van der Waals surface area contributed by atoms with Crippen molar-refractivity contribution in [1.29, 1.82) is 0 Å². The summed E-state index contributed by atoms with van der Waals surface area (Å²) in [6, 6.07) is 5.04. The number of carboxylic acids is 1. The van der Waals surface area contributed by atoms with Gasteiger partial charge in [-0.25, -0.2) is 0 Å². The van der Waals surface area contributed by atoms with E-state index in [4.69, 9.17) is 5.11 Å². The van der Waals surface area contributed by atoms with Crippen LogP contribution in [0.1, 0.15) is 46.0 Å². The van der Waals surface area contributed by atoms with Crippen LogP contribution in [0.4, 0.5) is 0 Å². The SMILES string of the molecule is CCn1c(C)cc(C(=O)NC(CC(=O)O)c2cccs2)c1C. The van der Waals surface area contributed by atoms with Crippen LogP contribution < -0.4 is 5.32 Å². The normalized spacial score (nSPS) is 12.1. The Morgan fingerprint density at radius 1 is 1.41 bits per heavy atom. The Bertz CT molecular complexity index is 674. The zero-order valence-electron chi connectivity index (χ0n) is 12.9. The molecule has 2 aromatic heterocycles. The Morgan fingerprint density at radius 3 is 2.64 bits per heavy atom. The zero-order valence-corrected chi connectivity index (χ0v) is 13.7. The van der Waals surface area contributed by atoms with E-state index in [1.165, 1.54) is 11.3 Å². The van der Waals surface area contributed by atoms with Crippen LogP contribution in [0.5, 0.6) is 0 Å². The van der Waals surface area contributed by atoms with E-state index in [0.717, 1.165) is 22.8 Å². The maximum Gasteiger partial charge on any atom is 0.305 e. The molecule has 1 amide bonds. The van der Waals surface area contributed by atoms with E-state index in [1.807, 2.05) is 44.4 Å². The molecule has 2 heterocycles. The molecule has 2 rings (SSSR count). The van der Waals surface area contributed by atoms with Gasteiger partial charge >= 0.3 is 5.97 Å². The monoisotopic (exact) mass is 320 g/mol.